The molecule has 4 heteroatoms. The Balaban J connectivity index is 2.72. The molecule has 0 unspecified atom stereocenters. The van der Waals surface area contributed by atoms with E-state index in [-0.39, 0.29) is 13.2 Å². The summed E-state index contributed by atoms with van der Waals surface area (Å²) in [5.74, 6) is 0. The quantitative estimate of drug-likeness (QED) is 0.415. The van der Waals surface area contributed by atoms with Crippen molar-refractivity contribution < 1.29 is 13.9 Å². The van der Waals surface area contributed by atoms with Crippen LogP contribution in [0.15, 0.2) is 0 Å². The summed E-state index contributed by atoms with van der Waals surface area (Å²) in [6.45, 7) is -2.32. The molecule has 0 aromatic carbocycles. The second-order valence-corrected chi connectivity index (χ2v) is 1.33. The lowest BCUT2D eigenvalue weighted by atomic mass is 10.5. The van der Waals surface area contributed by atoms with Gasteiger partial charge in [-0.15, -0.1) is 0 Å². The van der Waals surface area contributed by atoms with Crippen LogP contribution in [-0.2, 0) is 0 Å². The maximum atomic E-state index is 11.2. The molecule has 2 N–H and O–H groups in total. The van der Waals surface area contributed by atoms with Crippen LogP contribution in [0.1, 0.15) is 6.42 Å². The highest BCUT2D eigenvalue weighted by Gasteiger charge is 1.96. The molecule has 0 aliphatic heterocycles. The zero-order valence-electron chi connectivity index (χ0n) is 4.40. The highest BCUT2D eigenvalue weighted by Crippen LogP contribution is 1.84. The normalized spacial score (nSPS) is 10.5. The summed E-state index contributed by atoms with van der Waals surface area (Å²) >= 11 is 0. The number of alkyl halides is 2. The van der Waals surface area contributed by atoms with E-state index < -0.39 is 6.55 Å². The molecule has 0 heterocycles. The van der Waals surface area contributed by atoms with Crippen molar-refractivity contribution in [3.05, 3.63) is 0 Å². The summed E-state index contributed by atoms with van der Waals surface area (Å²) in [6.07, 6.45) is 0.379. The van der Waals surface area contributed by atoms with Gasteiger partial charge < -0.3 is 5.11 Å². The van der Waals surface area contributed by atoms with Crippen molar-refractivity contribution in [2.24, 2.45) is 0 Å². The molecule has 0 radical (unpaired) electrons. The molecule has 8 heavy (non-hydrogen) atoms. The average Bonchev–Trinajstić information content (AvgIpc) is 1.66. The number of aliphatic hydroxyl groups is 1. The number of hydrogen-bond acceptors (Lipinski definition) is 2. The molecule has 2 nitrogen and oxygen atoms in total. The molecule has 0 saturated carbocycles. The zero-order valence-corrected chi connectivity index (χ0v) is 4.40. The van der Waals surface area contributed by atoms with Gasteiger partial charge in [0.15, 0.2) is 0 Å². The fourth-order valence-corrected chi connectivity index (χ4v) is 0.290. The van der Waals surface area contributed by atoms with Gasteiger partial charge in [0.25, 0.3) is 6.55 Å². The Morgan fingerprint density at radius 2 is 2.12 bits per heavy atom. The Labute approximate surface area is 46.5 Å². The van der Waals surface area contributed by atoms with Crippen molar-refractivity contribution in [2.45, 2.75) is 13.0 Å². The first-order chi connectivity index (χ1) is 3.77. The van der Waals surface area contributed by atoms with E-state index in [4.69, 9.17) is 5.11 Å². The number of rotatable bonds is 4. The maximum Gasteiger partial charge on any atom is 0.292 e. The summed E-state index contributed by atoms with van der Waals surface area (Å²) in [6, 6.07) is 0. The second-order valence-electron chi connectivity index (χ2n) is 1.33. The smallest absolute Gasteiger partial charge is 0.292 e. The third-order valence-corrected chi connectivity index (χ3v) is 0.634. The lowest BCUT2D eigenvalue weighted by Crippen LogP contribution is -2.21. The maximum absolute atomic E-state index is 11.2. The van der Waals surface area contributed by atoms with Crippen molar-refractivity contribution in [3.63, 3.8) is 0 Å². The molecule has 0 fully saturated rings. The van der Waals surface area contributed by atoms with Crippen molar-refractivity contribution in [1.29, 1.82) is 0 Å². The van der Waals surface area contributed by atoms with Crippen molar-refractivity contribution in [1.82, 2.24) is 5.32 Å². The van der Waals surface area contributed by atoms with Gasteiger partial charge in [0.05, 0.1) is 0 Å². The summed E-state index contributed by atoms with van der Waals surface area (Å²) in [5.41, 5.74) is 0. The number of aliphatic hydroxyl groups excluding tert-OH is 1. The van der Waals surface area contributed by atoms with Crippen LogP contribution in [0.2, 0.25) is 0 Å². The Bertz CT molecular complexity index is 51.3. The third kappa shape index (κ3) is 5.78. The Kier molecular flexibility index (Phi) is 4.79. The van der Waals surface area contributed by atoms with E-state index in [1.165, 1.54) is 0 Å². The lowest BCUT2D eigenvalue weighted by molar-refractivity contribution is 0.105. The van der Waals surface area contributed by atoms with E-state index in [2.05, 4.69) is 0 Å². The minimum atomic E-state index is -2.46. The van der Waals surface area contributed by atoms with Crippen molar-refractivity contribution in [3.8, 4) is 0 Å². The van der Waals surface area contributed by atoms with Gasteiger partial charge >= 0.3 is 0 Å². The van der Waals surface area contributed by atoms with Gasteiger partial charge in [0.1, 0.15) is 0 Å². The second kappa shape index (κ2) is 4.93. The summed E-state index contributed by atoms with van der Waals surface area (Å²) < 4.78 is 22.3. The van der Waals surface area contributed by atoms with Gasteiger partial charge in [-0.05, 0) is 6.42 Å². The van der Waals surface area contributed by atoms with Gasteiger partial charge in [-0.2, -0.15) is 8.78 Å². The molecule has 0 aromatic rings. The fraction of sp³-hybridized carbons (Fsp3) is 1.00. The Morgan fingerprint density at radius 3 is 2.50 bits per heavy atom. The molecule has 0 aromatic heterocycles. The van der Waals surface area contributed by atoms with Gasteiger partial charge in [-0.25, -0.2) is 0 Å². The van der Waals surface area contributed by atoms with E-state index in [1.807, 2.05) is 5.32 Å². The highest BCUT2D eigenvalue weighted by atomic mass is 19.3. The molecule has 0 saturated heterocycles. The van der Waals surface area contributed by atoms with Crippen LogP contribution in [0.25, 0.3) is 0 Å². The molecule has 0 bridgehead atoms. The molecule has 0 amide bonds. The molecule has 0 atom stereocenters. The van der Waals surface area contributed by atoms with E-state index in [0.29, 0.717) is 6.42 Å². The zero-order chi connectivity index (χ0) is 6.41. The van der Waals surface area contributed by atoms with Crippen LogP contribution in [-0.4, -0.2) is 24.8 Å². The molecule has 50 valence electrons. The molecular weight excluding hydrogens is 116 g/mol. The highest BCUT2D eigenvalue weighted by molar-refractivity contribution is 4.40. The van der Waals surface area contributed by atoms with Crippen LogP contribution in [0.5, 0.6) is 0 Å². The minimum Gasteiger partial charge on any atom is -0.396 e. The largest absolute Gasteiger partial charge is 0.396 e. The van der Waals surface area contributed by atoms with Crippen LogP contribution in [0, 0.1) is 0 Å². The molecule has 0 aliphatic carbocycles. The van der Waals surface area contributed by atoms with E-state index >= 15 is 0 Å². The summed E-state index contributed by atoms with van der Waals surface area (Å²) in [5, 5.41) is 9.95. The summed E-state index contributed by atoms with van der Waals surface area (Å²) in [7, 11) is 0. The van der Waals surface area contributed by atoms with Crippen LogP contribution in [0.3, 0.4) is 0 Å². The fourth-order valence-electron chi connectivity index (χ4n) is 0.290. The van der Waals surface area contributed by atoms with Crippen LogP contribution < -0.4 is 5.32 Å². The van der Waals surface area contributed by atoms with Crippen molar-refractivity contribution in [2.75, 3.05) is 13.2 Å². The minimum absolute atomic E-state index is 0.0419. The van der Waals surface area contributed by atoms with Gasteiger partial charge in [-0.1, -0.05) is 0 Å². The topological polar surface area (TPSA) is 32.3 Å². The first-order valence-corrected chi connectivity index (χ1v) is 2.39. The van der Waals surface area contributed by atoms with E-state index in [1.54, 1.807) is 0 Å². The Morgan fingerprint density at radius 1 is 1.50 bits per heavy atom. The monoisotopic (exact) mass is 125 g/mol. The number of nitrogens with one attached hydrogen (secondary N) is 1. The number of hydrogen-bond donors (Lipinski definition) is 2. The standard InChI is InChI=1S/C4H9F2NO/c5-4(6)7-2-1-3-8/h4,7-8H,1-3H2. The van der Waals surface area contributed by atoms with Crippen LogP contribution >= 0.6 is 0 Å². The van der Waals surface area contributed by atoms with E-state index in [9.17, 15) is 8.78 Å². The Hall–Kier alpha value is -0.220. The van der Waals surface area contributed by atoms with Crippen molar-refractivity contribution >= 4 is 0 Å². The summed E-state index contributed by atoms with van der Waals surface area (Å²) in [4.78, 5) is 0. The van der Waals surface area contributed by atoms with Crippen LogP contribution in [0.4, 0.5) is 8.78 Å². The first kappa shape index (κ1) is 7.78. The molecule has 0 rings (SSSR count). The molecule has 0 aliphatic rings. The molecular formula is C4H9F2NO. The predicted octanol–water partition coefficient (Wildman–Crippen LogP) is 0.181. The first-order valence-electron chi connectivity index (χ1n) is 2.39. The van der Waals surface area contributed by atoms with Gasteiger partial charge in [0, 0.05) is 13.2 Å². The molecule has 0 spiro atoms. The van der Waals surface area contributed by atoms with E-state index in [0.717, 1.165) is 0 Å². The predicted molar refractivity (Wildman–Crippen MR) is 25.7 cm³/mol. The average molecular weight is 125 g/mol. The SMILES string of the molecule is OCCCNC(F)F. The van der Waals surface area contributed by atoms with Gasteiger partial charge in [-0.3, -0.25) is 5.32 Å². The lowest BCUT2D eigenvalue weighted by Gasteiger charge is -1.98. The number of halogens is 2. The van der Waals surface area contributed by atoms with Gasteiger partial charge in [0.2, 0.25) is 0 Å². The third-order valence-electron chi connectivity index (χ3n) is 0.634.